The van der Waals surface area contributed by atoms with Gasteiger partial charge in [0.2, 0.25) is 11.8 Å². The Morgan fingerprint density at radius 3 is 2.37 bits per heavy atom. The standard InChI is InChI=1S/C48H58FN5O13/c1-6-48(64)34-21-37-44-29(23-53(37)46(62)33(34)24-66-47(48)63)20-32-31(28(5)35(49)22-36(32)51-44)12-9-10-18-65-25-50-45(61)27(4)19-38(56)43(26(2)3)52-39(57)15-14-30(55)11-7-8-13-42(60)67-54-40(58)16-17-41(54)59/h20-22,26-27,43,64H,6-19,23-25H2,1-5H3,(H,50,61)(H,52,57)/t27-,43+,48+/m1/s1. The van der Waals surface area contributed by atoms with Crippen molar-refractivity contribution in [3.63, 3.8) is 0 Å². The molecule has 360 valence electrons. The van der Waals surface area contributed by atoms with Gasteiger partial charge in [0.05, 0.1) is 35.1 Å². The van der Waals surface area contributed by atoms with E-state index in [0.29, 0.717) is 53.2 Å². The van der Waals surface area contributed by atoms with E-state index < -0.39 is 58.9 Å². The fourth-order valence-electron chi connectivity index (χ4n) is 8.62. The zero-order valence-corrected chi connectivity index (χ0v) is 38.6. The molecule has 5 heterocycles. The van der Waals surface area contributed by atoms with Gasteiger partial charge in [-0.3, -0.25) is 33.6 Å². The number of Topliss-reactive ketones (excluding diaryl/α,β-unsaturated/α-hetero) is 2. The number of pyridine rings is 2. The molecule has 1 fully saturated rings. The molecular weight excluding hydrogens is 874 g/mol. The molecule has 1 aromatic carbocycles. The summed E-state index contributed by atoms with van der Waals surface area (Å²) in [6, 6.07) is 4.03. The van der Waals surface area contributed by atoms with Crippen LogP contribution in [0.2, 0.25) is 0 Å². The van der Waals surface area contributed by atoms with Crippen LogP contribution >= 0.6 is 0 Å². The molecule has 18 nitrogen and oxygen atoms in total. The zero-order chi connectivity index (χ0) is 48.7. The second kappa shape index (κ2) is 21.6. The van der Waals surface area contributed by atoms with Crippen molar-refractivity contribution in [1.82, 2.24) is 25.2 Å². The maximum Gasteiger partial charge on any atom is 0.343 e. The first-order valence-corrected chi connectivity index (χ1v) is 22.9. The lowest BCUT2D eigenvalue weighted by molar-refractivity contribution is -0.197. The van der Waals surface area contributed by atoms with Crippen molar-refractivity contribution in [1.29, 1.82) is 0 Å². The highest BCUT2D eigenvalue weighted by Crippen LogP contribution is 2.39. The van der Waals surface area contributed by atoms with Crippen molar-refractivity contribution >= 4 is 58.0 Å². The van der Waals surface area contributed by atoms with Gasteiger partial charge < -0.3 is 34.6 Å². The number of aryl methyl sites for hydroxylation is 1. The lowest BCUT2D eigenvalue weighted by Crippen LogP contribution is -2.45. The average molecular weight is 932 g/mol. The van der Waals surface area contributed by atoms with E-state index in [2.05, 4.69) is 10.6 Å². The van der Waals surface area contributed by atoms with Crippen molar-refractivity contribution < 1.29 is 62.2 Å². The predicted octanol–water partition coefficient (Wildman–Crippen LogP) is 4.19. The van der Waals surface area contributed by atoms with E-state index in [0.717, 1.165) is 16.5 Å². The van der Waals surface area contributed by atoms with Crippen LogP contribution in [-0.2, 0) is 77.8 Å². The Morgan fingerprint density at radius 2 is 1.67 bits per heavy atom. The lowest BCUT2D eigenvalue weighted by atomic mass is 9.86. The van der Waals surface area contributed by atoms with Crippen LogP contribution < -0.4 is 16.2 Å². The van der Waals surface area contributed by atoms with Gasteiger partial charge in [0.1, 0.15) is 24.9 Å². The molecule has 3 aromatic rings. The van der Waals surface area contributed by atoms with Crippen LogP contribution in [0.5, 0.6) is 0 Å². The highest BCUT2D eigenvalue weighted by molar-refractivity contribution is 6.01. The summed E-state index contributed by atoms with van der Waals surface area (Å²) in [7, 11) is 0. The number of ether oxygens (including phenoxy) is 2. The molecule has 19 heteroatoms. The summed E-state index contributed by atoms with van der Waals surface area (Å²) in [6.45, 7) is 8.62. The molecule has 1 saturated heterocycles. The molecule has 4 amide bonds. The number of amides is 4. The van der Waals surface area contributed by atoms with Gasteiger partial charge in [0.15, 0.2) is 11.4 Å². The molecule has 3 aliphatic heterocycles. The van der Waals surface area contributed by atoms with Crippen LogP contribution in [0.3, 0.4) is 0 Å². The topological polar surface area (TPSA) is 247 Å². The number of imide groups is 1. The average Bonchev–Trinajstić information content (AvgIpc) is 3.81. The number of aromatic nitrogens is 2. The second-order valence-corrected chi connectivity index (χ2v) is 17.8. The molecular formula is C48H58FN5O13. The minimum Gasteiger partial charge on any atom is -0.458 e. The quantitative estimate of drug-likeness (QED) is 0.0409. The van der Waals surface area contributed by atoms with Crippen molar-refractivity contribution in [2.45, 2.75) is 143 Å². The molecule has 0 unspecified atom stereocenters. The molecule has 0 radical (unpaired) electrons. The van der Waals surface area contributed by atoms with E-state index in [4.69, 9.17) is 19.3 Å². The number of hydrogen-bond donors (Lipinski definition) is 3. The van der Waals surface area contributed by atoms with Gasteiger partial charge in [0.25, 0.3) is 17.4 Å². The Bertz CT molecular complexity index is 2540. The van der Waals surface area contributed by atoms with Gasteiger partial charge in [-0.25, -0.2) is 19.0 Å². The summed E-state index contributed by atoms with van der Waals surface area (Å²) in [4.78, 5) is 122. The third-order valence-electron chi connectivity index (χ3n) is 12.7. The van der Waals surface area contributed by atoms with E-state index in [9.17, 15) is 48.3 Å². The van der Waals surface area contributed by atoms with Crippen molar-refractivity contribution in [2.24, 2.45) is 11.8 Å². The molecule has 0 bridgehead atoms. The van der Waals surface area contributed by atoms with E-state index in [1.54, 1.807) is 40.7 Å². The van der Waals surface area contributed by atoms with E-state index in [1.165, 1.54) is 10.6 Å². The van der Waals surface area contributed by atoms with Gasteiger partial charge in [-0.1, -0.05) is 27.7 Å². The highest BCUT2D eigenvalue weighted by Gasteiger charge is 2.45. The van der Waals surface area contributed by atoms with Crippen LogP contribution in [0.25, 0.3) is 22.3 Å². The number of carbonyl (C=O) groups excluding carboxylic acids is 8. The highest BCUT2D eigenvalue weighted by atomic mass is 19.1. The Morgan fingerprint density at radius 1 is 0.955 bits per heavy atom. The number of hydrogen-bond acceptors (Lipinski definition) is 14. The monoisotopic (exact) mass is 931 g/mol. The van der Waals surface area contributed by atoms with Gasteiger partial charge >= 0.3 is 11.9 Å². The molecule has 3 N–H and O–H groups in total. The van der Waals surface area contributed by atoms with E-state index in [-0.39, 0.29) is 118 Å². The summed E-state index contributed by atoms with van der Waals surface area (Å²) in [5.74, 6) is -5.58. The zero-order valence-electron chi connectivity index (χ0n) is 38.6. The first-order chi connectivity index (χ1) is 31.8. The van der Waals surface area contributed by atoms with Crippen LogP contribution in [0.15, 0.2) is 23.0 Å². The molecule has 67 heavy (non-hydrogen) atoms. The summed E-state index contributed by atoms with van der Waals surface area (Å²) in [5, 5.41) is 17.8. The van der Waals surface area contributed by atoms with E-state index in [1.807, 2.05) is 6.07 Å². The molecule has 3 aliphatic rings. The van der Waals surface area contributed by atoms with Crippen molar-refractivity contribution in [2.75, 3.05) is 13.3 Å². The van der Waals surface area contributed by atoms with Gasteiger partial charge in [0, 0.05) is 80.1 Å². The molecule has 0 aliphatic carbocycles. The number of esters is 1. The minimum atomic E-state index is -1.96. The minimum absolute atomic E-state index is 0.00746. The summed E-state index contributed by atoms with van der Waals surface area (Å²) in [6.07, 6.45) is 2.00. The third kappa shape index (κ3) is 11.3. The van der Waals surface area contributed by atoms with Crippen LogP contribution in [0.1, 0.15) is 133 Å². The Balaban J connectivity index is 0.907. The third-order valence-corrected chi connectivity index (χ3v) is 12.7. The number of nitrogens with one attached hydrogen (secondary N) is 2. The molecule has 0 saturated carbocycles. The SMILES string of the molecule is CC[C@@]1(O)C(=O)OCc2c1cc1n(c2=O)Cc2cc3c(CCCCOCNC(=O)[C@H](C)CC(=O)[C@@H](NC(=O)CCC(=O)CCCCC(=O)ON4C(=O)CCC4=O)C(C)C)c(C)c(F)cc3nc2-1. The fourth-order valence-corrected chi connectivity index (χ4v) is 8.62. The first-order valence-electron chi connectivity index (χ1n) is 22.9. The van der Waals surface area contributed by atoms with Crippen LogP contribution in [-0.4, -0.2) is 86.2 Å². The van der Waals surface area contributed by atoms with Crippen molar-refractivity contribution in [3.8, 4) is 11.4 Å². The number of carbonyl (C=O) groups is 8. The van der Waals surface area contributed by atoms with Crippen molar-refractivity contribution in [3.05, 3.63) is 62.2 Å². The number of nitrogens with zero attached hydrogens (tertiary/aromatic N) is 3. The number of rotatable bonds is 23. The maximum atomic E-state index is 15.3. The smallest absolute Gasteiger partial charge is 0.343 e. The molecule has 3 atom stereocenters. The first kappa shape index (κ1) is 50.2. The predicted molar refractivity (Wildman–Crippen MR) is 237 cm³/mol. The van der Waals surface area contributed by atoms with Gasteiger partial charge in [-0.15, -0.1) is 5.06 Å². The largest absolute Gasteiger partial charge is 0.458 e. The number of unbranched alkanes of at least 4 members (excludes halogenated alkanes) is 2. The normalized spacial score (nSPS) is 17.2. The number of cyclic esters (lactones) is 1. The van der Waals surface area contributed by atoms with Gasteiger partial charge in [-0.05, 0) is 74.6 Å². The lowest BCUT2D eigenvalue weighted by Gasteiger charge is -2.31. The number of benzene rings is 1. The number of halogens is 1. The Hall–Kier alpha value is -6.21. The summed E-state index contributed by atoms with van der Waals surface area (Å²) in [5.41, 5.74) is 1.40. The molecule has 0 spiro atoms. The number of aliphatic hydroxyl groups is 1. The fraction of sp³-hybridized carbons (Fsp3) is 0.542. The number of ketones is 2. The Labute approximate surface area is 386 Å². The van der Waals surface area contributed by atoms with Gasteiger partial charge in [-0.2, -0.15) is 0 Å². The number of fused-ring (bicyclic) bond motifs is 5. The second-order valence-electron chi connectivity index (χ2n) is 17.8. The van der Waals surface area contributed by atoms with E-state index >= 15 is 4.39 Å². The Kier molecular flexibility index (Phi) is 16.2. The maximum absolute atomic E-state index is 15.3. The van der Waals surface area contributed by atoms with Crippen LogP contribution in [0, 0.1) is 24.6 Å². The number of hydroxylamine groups is 2. The summed E-state index contributed by atoms with van der Waals surface area (Å²) < 4.78 is 27.7. The molecule has 2 aromatic heterocycles. The summed E-state index contributed by atoms with van der Waals surface area (Å²) >= 11 is 0. The van der Waals surface area contributed by atoms with Crippen LogP contribution in [0.4, 0.5) is 4.39 Å². The molecule has 6 rings (SSSR count).